The Morgan fingerprint density at radius 1 is 1.78 bits per heavy atom. The van der Waals surface area contributed by atoms with E-state index in [-0.39, 0.29) is 5.41 Å². The number of hydrogen-bond donors (Lipinski definition) is 0. The molecule has 0 unspecified atom stereocenters. The topological polar surface area (TPSA) is 26.3 Å². The Bertz CT molecular complexity index is 110. The van der Waals surface area contributed by atoms with Crippen molar-refractivity contribution < 1.29 is 9.53 Å². The third-order valence-electron chi connectivity index (χ3n) is 0.638. The molecule has 2 nitrogen and oxygen atoms in total. The van der Waals surface area contributed by atoms with Crippen LogP contribution in [-0.4, -0.2) is 22.3 Å². The molecule has 0 atom stereocenters. The maximum atomic E-state index is 10.2. The molecule has 0 aromatic heterocycles. The summed E-state index contributed by atoms with van der Waals surface area (Å²) in [6.45, 7) is 2.67. The lowest BCUT2D eigenvalue weighted by Crippen LogP contribution is -1.89. The predicted molar refractivity (Wildman–Crippen MR) is 36.1 cm³/mol. The molecule has 0 aliphatic heterocycles. The molecule has 0 heterocycles. The van der Waals surface area contributed by atoms with Crippen molar-refractivity contribution in [2.75, 3.05) is 6.61 Å². The minimum Gasteiger partial charge on any atom is -0.501 e. The van der Waals surface area contributed by atoms with Gasteiger partial charge in [-0.05, 0) is 6.42 Å². The molecular weight excluding hydrogens is 132 g/mol. The Morgan fingerprint density at radius 3 is 2.89 bits per heavy atom. The zero-order chi connectivity index (χ0) is 7.11. The predicted octanol–water partition coefficient (Wildman–Crippen LogP) is 0.622. The average Bonchev–Trinajstić information content (AvgIpc) is 1.80. The lowest BCUT2D eigenvalue weighted by Gasteiger charge is -1.92. The highest BCUT2D eigenvalue weighted by Crippen LogP contribution is 1.80. The molecule has 0 rings (SSSR count). The van der Waals surface area contributed by atoms with Gasteiger partial charge in [-0.1, -0.05) is 6.92 Å². The van der Waals surface area contributed by atoms with Crippen LogP contribution in [0.15, 0.2) is 12.3 Å². The highest BCUT2D eigenvalue weighted by atomic mass is 28.1. The fourth-order valence-corrected chi connectivity index (χ4v) is 0.364. The van der Waals surface area contributed by atoms with Gasteiger partial charge < -0.3 is 9.53 Å². The van der Waals surface area contributed by atoms with Crippen LogP contribution in [0.25, 0.3) is 0 Å². The molecule has 0 saturated heterocycles. The quantitative estimate of drug-likeness (QED) is 0.248. The van der Waals surface area contributed by atoms with E-state index in [0.29, 0.717) is 6.61 Å². The van der Waals surface area contributed by atoms with Crippen LogP contribution in [0.3, 0.4) is 0 Å². The van der Waals surface area contributed by atoms with Crippen LogP contribution in [0.1, 0.15) is 13.3 Å². The highest BCUT2D eigenvalue weighted by Gasteiger charge is 1.80. The van der Waals surface area contributed by atoms with E-state index in [2.05, 4.69) is 10.2 Å². The third kappa shape index (κ3) is 7.43. The minimum absolute atomic E-state index is 0.175. The van der Waals surface area contributed by atoms with Gasteiger partial charge >= 0.3 is 0 Å². The normalized spacial score (nSPS) is 10.0. The Labute approximate surface area is 58.3 Å². The molecule has 3 heteroatoms. The van der Waals surface area contributed by atoms with Gasteiger partial charge in [-0.2, -0.15) is 0 Å². The lowest BCUT2D eigenvalue weighted by atomic mass is 10.5. The van der Waals surface area contributed by atoms with Crippen molar-refractivity contribution in [2.45, 2.75) is 13.3 Å². The van der Waals surface area contributed by atoms with E-state index in [4.69, 9.17) is 4.74 Å². The molecule has 0 spiro atoms. The van der Waals surface area contributed by atoms with Gasteiger partial charge in [0.05, 0.1) is 12.9 Å². The largest absolute Gasteiger partial charge is 0.501 e. The van der Waals surface area contributed by atoms with Crippen LogP contribution >= 0.6 is 0 Å². The summed E-state index contributed by atoms with van der Waals surface area (Å²) in [5.74, 6) is 0. The smallest absolute Gasteiger partial charge is 0.133 e. The maximum absolute atomic E-state index is 10.2. The third-order valence-corrected chi connectivity index (χ3v) is 0.804. The monoisotopic (exact) mass is 141 g/mol. The zero-order valence-corrected chi connectivity index (χ0v) is 6.39. The first-order valence-corrected chi connectivity index (χ1v) is 3.31. The number of hydrogen-bond acceptors (Lipinski definition) is 2. The zero-order valence-electron chi connectivity index (χ0n) is 5.39. The Morgan fingerprint density at radius 2 is 2.44 bits per heavy atom. The molecular formula is C6H9O2Si. The molecule has 3 radical (unpaired) electrons. The summed E-state index contributed by atoms with van der Waals surface area (Å²) in [7, 11) is 2.77. The van der Waals surface area contributed by atoms with E-state index >= 15 is 0 Å². The minimum atomic E-state index is -0.175. The van der Waals surface area contributed by atoms with Crippen LogP contribution in [0.2, 0.25) is 0 Å². The Balaban J connectivity index is 3.15. The highest BCUT2D eigenvalue weighted by molar-refractivity contribution is 6.60. The second-order valence-electron chi connectivity index (χ2n) is 1.54. The van der Waals surface area contributed by atoms with E-state index < -0.39 is 0 Å². The van der Waals surface area contributed by atoms with Gasteiger partial charge in [0.15, 0.2) is 0 Å². The molecule has 0 aliphatic carbocycles. The SMILES string of the molecule is CCCOC=CC(=O)[Si]. The molecule has 0 N–H and O–H groups in total. The van der Waals surface area contributed by atoms with Crippen molar-refractivity contribution in [3.63, 3.8) is 0 Å². The van der Waals surface area contributed by atoms with Crippen molar-refractivity contribution in [1.82, 2.24) is 0 Å². The van der Waals surface area contributed by atoms with Crippen LogP contribution in [0.4, 0.5) is 0 Å². The molecule has 0 amide bonds. The summed E-state index contributed by atoms with van der Waals surface area (Å²) < 4.78 is 4.86. The van der Waals surface area contributed by atoms with Crippen LogP contribution in [-0.2, 0) is 9.53 Å². The molecule has 0 aliphatic rings. The molecule has 49 valence electrons. The number of rotatable bonds is 4. The van der Waals surface area contributed by atoms with E-state index in [0.717, 1.165) is 6.42 Å². The van der Waals surface area contributed by atoms with Gasteiger partial charge in [0.25, 0.3) is 0 Å². The summed E-state index contributed by atoms with van der Waals surface area (Å²) in [6.07, 6.45) is 3.67. The maximum Gasteiger partial charge on any atom is 0.133 e. The van der Waals surface area contributed by atoms with Crippen molar-refractivity contribution >= 4 is 15.6 Å². The van der Waals surface area contributed by atoms with Crippen LogP contribution in [0, 0.1) is 0 Å². The van der Waals surface area contributed by atoms with Crippen LogP contribution in [0.5, 0.6) is 0 Å². The molecule has 0 bridgehead atoms. The first-order valence-electron chi connectivity index (χ1n) is 2.81. The molecule has 0 fully saturated rings. The van der Waals surface area contributed by atoms with Gasteiger partial charge in [0.1, 0.15) is 15.6 Å². The number of carbonyl (C=O) groups is 1. The Kier molecular flexibility index (Phi) is 5.21. The van der Waals surface area contributed by atoms with E-state index in [1.807, 2.05) is 6.92 Å². The van der Waals surface area contributed by atoms with Crippen LogP contribution < -0.4 is 0 Å². The van der Waals surface area contributed by atoms with Gasteiger partial charge in [-0.25, -0.2) is 0 Å². The lowest BCUT2D eigenvalue weighted by molar-refractivity contribution is -0.107. The second-order valence-corrected chi connectivity index (χ2v) is 2.03. The Hall–Kier alpha value is -0.573. The number of ether oxygens (including phenoxy) is 1. The fourth-order valence-electron chi connectivity index (χ4n) is 0.296. The molecule has 0 aromatic rings. The summed E-state index contributed by atoms with van der Waals surface area (Å²) in [5.41, 5.74) is 0. The van der Waals surface area contributed by atoms with Crippen molar-refractivity contribution in [1.29, 1.82) is 0 Å². The van der Waals surface area contributed by atoms with Crippen molar-refractivity contribution in [3.05, 3.63) is 12.3 Å². The fraction of sp³-hybridized carbons (Fsp3) is 0.500. The van der Waals surface area contributed by atoms with Crippen molar-refractivity contribution in [3.8, 4) is 0 Å². The second kappa shape index (κ2) is 5.56. The number of carbonyl (C=O) groups excluding carboxylic acids is 1. The van der Waals surface area contributed by atoms with E-state index in [1.54, 1.807) is 0 Å². The van der Waals surface area contributed by atoms with E-state index in [9.17, 15) is 4.79 Å². The summed E-state index contributed by atoms with van der Waals surface area (Å²) in [4.78, 5) is 10.2. The summed E-state index contributed by atoms with van der Waals surface area (Å²) in [5, 5.41) is -0.175. The van der Waals surface area contributed by atoms with Gasteiger partial charge in [-0.15, -0.1) is 0 Å². The van der Waals surface area contributed by atoms with E-state index in [1.165, 1.54) is 12.3 Å². The van der Waals surface area contributed by atoms with Gasteiger partial charge in [0.2, 0.25) is 0 Å². The average molecular weight is 141 g/mol. The molecule has 9 heavy (non-hydrogen) atoms. The van der Waals surface area contributed by atoms with Gasteiger partial charge in [0, 0.05) is 6.08 Å². The summed E-state index contributed by atoms with van der Waals surface area (Å²) >= 11 is 0. The first-order chi connectivity index (χ1) is 4.27. The molecule has 0 aromatic carbocycles. The standard InChI is InChI=1S/C6H9O2Si/c1-2-4-8-5-3-6(7)9/h3,5H,2,4H2,1H3. The van der Waals surface area contributed by atoms with Crippen molar-refractivity contribution in [2.24, 2.45) is 0 Å². The first kappa shape index (κ1) is 8.43. The summed E-state index contributed by atoms with van der Waals surface area (Å²) in [6, 6.07) is 0. The molecule has 0 saturated carbocycles. The van der Waals surface area contributed by atoms with Gasteiger partial charge in [-0.3, -0.25) is 0 Å². The number of allylic oxidation sites excluding steroid dienone is 1.